The molecule has 0 radical (unpaired) electrons. The molecule has 0 aliphatic heterocycles. The van der Waals surface area contributed by atoms with E-state index in [1.54, 1.807) is 7.11 Å². The second-order valence-corrected chi connectivity index (χ2v) is 6.17. The van der Waals surface area contributed by atoms with E-state index in [0.717, 1.165) is 36.6 Å². The molecule has 0 bridgehead atoms. The van der Waals surface area contributed by atoms with Crippen molar-refractivity contribution < 1.29 is 9.47 Å². The minimum atomic E-state index is 0.530. The lowest BCUT2D eigenvalue weighted by molar-refractivity contribution is 0.284. The van der Waals surface area contributed by atoms with E-state index in [2.05, 4.69) is 53.8 Å². The average molecular weight is 347 g/mol. The van der Waals surface area contributed by atoms with Crippen LogP contribution in [0.15, 0.2) is 78.9 Å². The van der Waals surface area contributed by atoms with Crippen LogP contribution in [0.2, 0.25) is 0 Å². The van der Waals surface area contributed by atoms with Gasteiger partial charge in [-0.1, -0.05) is 66.7 Å². The summed E-state index contributed by atoms with van der Waals surface area (Å²) < 4.78 is 11.4. The van der Waals surface area contributed by atoms with E-state index in [0.29, 0.717) is 6.61 Å². The molecule has 0 unspecified atom stereocenters. The first-order valence-electron chi connectivity index (χ1n) is 8.93. The van der Waals surface area contributed by atoms with Crippen LogP contribution in [0.3, 0.4) is 0 Å². The highest BCUT2D eigenvalue weighted by Gasteiger charge is 2.06. The minimum absolute atomic E-state index is 0.530. The van der Waals surface area contributed by atoms with Crippen LogP contribution in [0, 0.1) is 0 Å². The Labute approximate surface area is 155 Å². The molecule has 0 heterocycles. The molecule has 0 spiro atoms. The molecule has 0 atom stereocenters. The summed E-state index contributed by atoms with van der Waals surface area (Å²) in [5.74, 6) is 1.53. The second kappa shape index (κ2) is 9.64. The van der Waals surface area contributed by atoms with Crippen molar-refractivity contribution in [2.45, 2.75) is 19.6 Å². The van der Waals surface area contributed by atoms with Gasteiger partial charge in [0.1, 0.15) is 6.61 Å². The summed E-state index contributed by atoms with van der Waals surface area (Å²) in [6, 6.07) is 26.8. The van der Waals surface area contributed by atoms with Crippen LogP contribution in [0.1, 0.15) is 16.7 Å². The van der Waals surface area contributed by atoms with E-state index in [4.69, 9.17) is 9.47 Å². The van der Waals surface area contributed by atoms with Crippen LogP contribution in [-0.2, 0) is 19.6 Å². The van der Waals surface area contributed by atoms with Crippen LogP contribution < -0.4 is 14.8 Å². The van der Waals surface area contributed by atoms with Gasteiger partial charge in [0.2, 0.25) is 0 Å². The molecule has 1 N–H and O–H groups in total. The van der Waals surface area contributed by atoms with Crippen LogP contribution >= 0.6 is 0 Å². The Kier molecular flexibility index (Phi) is 6.68. The Hall–Kier alpha value is -2.78. The normalized spacial score (nSPS) is 10.5. The Balaban J connectivity index is 1.54. The molecule has 0 aliphatic rings. The summed E-state index contributed by atoms with van der Waals surface area (Å²) in [5, 5.41) is 3.49. The van der Waals surface area contributed by atoms with Gasteiger partial charge in [-0.25, -0.2) is 0 Å². The van der Waals surface area contributed by atoms with E-state index in [-0.39, 0.29) is 0 Å². The van der Waals surface area contributed by atoms with Crippen molar-refractivity contribution in [2.24, 2.45) is 0 Å². The van der Waals surface area contributed by atoms with Gasteiger partial charge < -0.3 is 14.8 Å². The van der Waals surface area contributed by atoms with E-state index >= 15 is 0 Å². The third kappa shape index (κ3) is 5.36. The zero-order valence-electron chi connectivity index (χ0n) is 15.2. The van der Waals surface area contributed by atoms with Crippen LogP contribution in [0.4, 0.5) is 0 Å². The summed E-state index contributed by atoms with van der Waals surface area (Å²) in [5.41, 5.74) is 3.67. The van der Waals surface area contributed by atoms with Crippen molar-refractivity contribution in [2.75, 3.05) is 13.7 Å². The molecule has 3 aromatic carbocycles. The molecule has 134 valence electrons. The predicted molar refractivity (Wildman–Crippen MR) is 106 cm³/mol. The van der Waals surface area contributed by atoms with E-state index < -0.39 is 0 Å². The molecule has 3 nitrogen and oxygen atoms in total. The van der Waals surface area contributed by atoms with E-state index in [1.807, 2.05) is 30.3 Å². The topological polar surface area (TPSA) is 30.5 Å². The van der Waals surface area contributed by atoms with Crippen molar-refractivity contribution in [1.29, 1.82) is 0 Å². The first-order valence-corrected chi connectivity index (χ1v) is 8.93. The zero-order valence-corrected chi connectivity index (χ0v) is 15.2. The lowest BCUT2D eigenvalue weighted by Crippen LogP contribution is -2.16. The number of methoxy groups -OCH3 is 1. The predicted octanol–water partition coefficient (Wildman–Crippen LogP) is 4.61. The van der Waals surface area contributed by atoms with Gasteiger partial charge in [-0.3, -0.25) is 0 Å². The maximum absolute atomic E-state index is 5.98. The molecule has 3 heteroatoms. The number of rotatable bonds is 9. The second-order valence-electron chi connectivity index (χ2n) is 6.17. The van der Waals surface area contributed by atoms with Gasteiger partial charge >= 0.3 is 0 Å². The third-order valence-electron chi connectivity index (χ3n) is 4.23. The number of hydrogen-bond acceptors (Lipinski definition) is 3. The van der Waals surface area contributed by atoms with Gasteiger partial charge in [-0.15, -0.1) is 0 Å². The van der Waals surface area contributed by atoms with E-state index in [1.165, 1.54) is 11.1 Å². The lowest BCUT2D eigenvalue weighted by Gasteiger charge is -2.13. The fourth-order valence-corrected chi connectivity index (χ4v) is 2.79. The van der Waals surface area contributed by atoms with Crippen LogP contribution in [0.5, 0.6) is 11.5 Å². The zero-order chi connectivity index (χ0) is 18.0. The molecule has 0 aromatic heterocycles. The molecule has 3 aromatic rings. The van der Waals surface area contributed by atoms with Crippen LogP contribution in [0.25, 0.3) is 0 Å². The highest BCUT2D eigenvalue weighted by molar-refractivity contribution is 5.43. The number of hydrogen-bond donors (Lipinski definition) is 1. The number of ether oxygens (including phenoxy) is 2. The summed E-state index contributed by atoms with van der Waals surface area (Å²) >= 11 is 0. The standard InChI is InChI=1S/C23H25NO2/c1-25-22-13-12-21(17-24-15-14-19-8-4-2-5-9-19)16-23(22)26-18-20-10-6-3-7-11-20/h2-13,16,24H,14-15,17-18H2,1H3. The molecular formula is C23H25NO2. The Morgan fingerprint density at radius 3 is 2.12 bits per heavy atom. The van der Waals surface area contributed by atoms with Gasteiger partial charge in [0.25, 0.3) is 0 Å². The van der Waals surface area contributed by atoms with Crippen molar-refractivity contribution in [3.05, 3.63) is 95.6 Å². The van der Waals surface area contributed by atoms with Crippen molar-refractivity contribution in [3.8, 4) is 11.5 Å². The van der Waals surface area contributed by atoms with E-state index in [9.17, 15) is 0 Å². The number of benzene rings is 3. The summed E-state index contributed by atoms with van der Waals surface area (Å²) in [7, 11) is 1.67. The lowest BCUT2D eigenvalue weighted by atomic mass is 10.1. The Bertz CT molecular complexity index is 788. The molecule has 0 fully saturated rings. The first kappa shape index (κ1) is 18.0. The van der Waals surface area contributed by atoms with Crippen molar-refractivity contribution >= 4 is 0 Å². The molecule has 3 rings (SSSR count). The van der Waals surface area contributed by atoms with Gasteiger partial charge in [0, 0.05) is 6.54 Å². The van der Waals surface area contributed by atoms with Gasteiger partial charge in [0.05, 0.1) is 7.11 Å². The molecule has 0 saturated carbocycles. The number of nitrogens with one attached hydrogen (secondary N) is 1. The summed E-state index contributed by atoms with van der Waals surface area (Å²) in [6.45, 7) is 2.27. The first-order chi connectivity index (χ1) is 12.8. The molecule has 26 heavy (non-hydrogen) atoms. The summed E-state index contributed by atoms with van der Waals surface area (Å²) in [6.07, 6.45) is 1.02. The van der Waals surface area contributed by atoms with Gasteiger partial charge in [-0.05, 0) is 41.8 Å². The molecule has 0 aliphatic carbocycles. The molecular weight excluding hydrogens is 322 g/mol. The SMILES string of the molecule is COc1ccc(CNCCc2ccccc2)cc1OCc1ccccc1. The maximum atomic E-state index is 5.98. The third-order valence-corrected chi connectivity index (χ3v) is 4.23. The van der Waals surface area contributed by atoms with Gasteiger partial charge in [0.15, 0.2) is 11.5 Å². The monoisotopic (exact) mass is 347 g/mol. The Morgan fingerprint density at radius 1 is 0.731 bits per heavy atom. The smallest absolute Gasteiger partial charge is 0.161 e. The minimum Gasteiger partial charge on any atom is -0.493 e. The highest BCUT2D eigenvalue weighted by atomic mass is 16.5. The highest BCUT2D eigenvalue weighted by Crippen LogP contribution is 2.28. The maximum Gasteiger partial charge on any atom is 0.161 e. The summed E-state index contributed by atoms with van der Waals surface area (Å²) in [4.78, 5) is 0. The van der Waals surface area contributed by atoms with Crippen molar-refractivity contribution in [3.63, 3.8) is 0 Å². The molecule has 0 saturated heterocycles. The van der Waals surface area contributed by atoms with Crippen LogP contribution in [-0.4, -0.2) is 13.7 Å². The largest absolute Gasteiger partial charge is 0.493 e. The fraction of sp³-hybridized carbons (Fsp3) is 0.217. The Morgan fingerprint density at radius 2 is 1.42 bits per heavy atom. The van der Waals surface area contributed by atoms with Crippen molar-refractivity contribution in [1.82, 2.24) is 5.32 Å². The molecule has 0 amide bonds. The average Bonchev–Trinajstić information content (AvgIpc) is 2.71. The quantitative estimate of drug-likeness (QED) is 0.574. The van der Waals surface area contributed by atoms with Gasteiger partial charge in [-0.2, -0.15) is 0 Å². The fourth-order valence-electron chi connectivity index (χ4n) is 2.79.